The van der Waals surface area contributed by atoms with Crippen LogP contribution < -0.4 is 0 Å². The van der Waals surface area contributed by atoms with E-state index in [4.69, 9.17) is 4.42 Å². The van der Waals surface area contributed by atoms with Crippen molar-refractivity contribution in [1.82, 2.24) is 9.29 Å². The van der Waals surface area contributed by atoms with E-state index in [2.05, 4.69) is 4.98 Å². The van der Waals surface area contributed by atoms with Crippen LogP contribution in [0.4, 0.5) is 0 Å². The minimum absolute atomic E-state index is 0.0551. The number of hydrogen-bond donors (Lipinski definition) is 0. The van der Waals surface area contributed by atoms with Gasteiger partial charge < -0.3 is 4.42 Å². The van der Waals surface area contributed by atoms with Crippen LogP contribution in [0.1, 0.15) is 12.3 Å². The quantitative estimate of drug-likeness (QED) is 0.808. The van der Waals surface area contributed by atoms with Crippen molar-refractivity contribution in [2.75, 3.05) is 12.3 Å². The SMILES string of the molecule is Cc1nc(-c2ccc(S(=O)(=O)N3CC4CC3CS4(=O)=O)cc2)co1. The molecule has 2 aliphatic heterocycles. The summed E-state index contributed by atoms with van der Waals surface area (Å²) in [6.45, 7) is 1.79. The maximum Gasteiger partial charge on any atom is 0.243 e. The van der Waals surface area contributed by atoms with E-state index < -0.39 is 31.2 Å². The zero-order chi connectivity index (χ0) is 17.1. The first-order chi connectivity index (χ1) is 11.3. The van der Waals surface area contributed by atoms with Crippen LogP contribution in [0.15, 0.2) is 39.8 Å². The van der Waals surface area contributed by atoms with Gasteiger partial charge in [0.25, 0.3) is 0 Å². The number of sulfonamides is 1. The molecule has 128 valence electrons. The van der Waals surface area contributed by atoms with E-state index in [0.29, 0.717) is 18.0 Å². The zero-order valence-corrected chi connectivity index (χ0v) is 14.5. The highest BCUT2D eigenvalue weighted by atomic mass is 32.2. The van der Waals surface area contributed by atoms with Gasteiger partial charge in [-0.1, -0.05) is 12.1 Å². The molecule has 1 aromatic carbocycles. The second kappa shape index (κ2) is 5.14. The monoisotopic (exact) mass is 368 g/mol. The van der Waals surface area contributed by atoms with E-state index in [-0.39, 0.29) is 17.2 Å². The van der Waals surface area contributed by atoms with Gasteiger partial charge in [0.05, 0.1) is 15.9 Å². The molecule has 1 aromatic heterocycles. The first-order valence-electron chi connectivity index (χ1n) is 7.53. The van der Waals surface area contributed by atoms with E-state index >= 15 is 0 Å². The fourth-order valence-corrected chi connectivity index (χ4v) is 7.28. The van der Waals surface area contributed by atoms with Gasteiger partial charge in [-0.15, -0.1) is 0 Å². The van der Waals surface area contributed by atoms with Gasteiger partial charge in [-0.05, 0) is 18.6 Å². The Morgan fingerprint density at radius 2 is 1.96 bits per heavy atom. The van der Waals surface area contributed by atoms with Crippen LogP contribution in [0.3, 0.4) is 0 Å². The zero-order valence-electron chi connectivity index (χ0n) is 12.9. The molecule has 0 spiro atoms. The summed E-state index contributed by atoms with van der Waals surface area (Å²) in [5.74, 6) is 0.462. The molecule has 2 fully saturated rings. The number of fused-ring (bicyclic) bond motifs is 2. The molecule has 9 heteroatoms. The Labute approximate surface area is 140 Å². The van der Waals surface area contributed by atoms with Crippen molar-refractivity contribution >= 4 is 19.9 Å². The summed E-state index contributed by atoms with van der Waals surface area (Å²) in [4.78, 5) is 4.37. The molecule has 3 heterocycles. The molecule has 0 amide bonds. The molecule has 2 unspecified atom stereocenters. The Hall–Kier alpha value is -1.71. The first kappa shape index (κ1) is 15.8. The lowest BCUT2D eigenvalue weighted by atomic mass is 10.2. The third-order valence-corrected chi connectivity index (χ3v) is 8.77. The lowest BCUT2D eigenvalue weighted by Crippen LogP contribution is -2.43. The van der Waals surface area contributed by atoms with Gasteiger partial charge in [0, 0.05) is 25.1 Å². The molecule has 4 rings (SSSR count). The van der Waals surface area contributed by atoms with Gasteiger partial charge >= 0.3 is 0 Å². The molecule has 2 aliphatic rings. The standard InChI is InChI=1S/C15H16N2O5S2/c1-10-16-15(8-22-10)11-2-4-13(5-3-11)24(20,21)17-7-14-6-12(17)9-23(14,18)19/h2-5,8,12,14H,6-7,9H2,1H3. The van der Waals surface area contributed by atoms with Crippen LogP contribution in [0.2, 0.25) is 0 Å². The van der Waals surface area contributed by atoms with Crippen LogP contribution in [-0.4, -0.2) is 49.7 Å². The molecule has 24 heavy (non-hydrogen) atoms. The first-order valence-corrected chi connectivity index (χ1v) is 10.7. The van der Waals surface area contributed by atoms with Gasteiger partial charge in [0.15, 0.2) is 15.7 Å². The van der Waals surface area contributed by atoms with E-state index in [1.165, 1.54) is 22.7 Å². The molecule has 0 radical (unpaired) electrons. The van der Waals surface area contributed by atoms with Crippen molar-refractivity contribution in [2.45, 2.75) is 29.5 Å². The Bertz CT molecular complexity index is 993. The van der Waals surface area contributed by atoms with Crippen molar-refractivity contribution in [3.63, 3.8) is 0 Å². The summed E-state index contributed by atoms with van der Waals surface area (Å²) < 4.78 is 55.6. The van der Waals surface area contributed by atoms with Crippen molar-refractivity contribution in [3.05, 3.63) is 36.4 Å². The summed E-state index contributed by atoms with van der Waals surface area (Å²) in [6.07, 6.45) is 1.92. The maximum absolute atomic E-state index is 12.8. The largest absolute Gasteiger partial charge is 0.449 e. The average molecular weight is 368 g/mol. The number of rotatable bonds is 3. The number of aromatic nitrogens is 1. The van der Waals surface area contributed by atoms with Crippen LogP contribution in [0, 0.1) is 6.92 Å². The van der Waals surface area contributed by atoms with E-state index in [0.717, 1.165) is 5.56 Å². The number of sulfone groups is 1. The van der Waals surface area contributed by atoms with Crippen molar-refractivity contribution in [1.29, 1.82) is 0 Å². The Morgan fingerprint density at radius 3 is 2.46 bits per heavy atom. The molecule has 0 aliphatic carbocycles. The summed E-state index contributed by atoms with van der Waals surface area (Å²) in [6, 6.07) is 5.96. The molecule has 2 saturated heterocycles. The number of hydrogen-bond acceptors (Lipinski definition) is 6. The van der Waals surface area contributed by atoms with Gasteiger partial charge in [-0.25, -0.2) is 21.8 Å². The number of aryl methyl sites for hydroxylation is 1. The number of benzene rings is 1. The molecule has 7 nitrogen and oxygen atoms in total. The van der Waals surface area contributed by atoms with Crippen molar-refractivity contribution < 1.29 is 21.3 Å². The third kappa shape index (κ3) is 2.38. The van der Waals surface area contributed by atoms with E-state index in [1.807, 2.05) is 0 Å². The van der Waals surface area contributed by atoms with Crippen LogP contribution in [0.5, 0.6) is 0 Å². The minimum Gasteiger partial charge on any atom is -0.449 e. The highest BCUT2D eigenvalue weighted by Crippen LogP contribution is 2.36. The number of oxazole rings is 1. The van der Waals surface area contributed by atoms with E-state index in [1.54, 1.807) is 19.1 Å². The molecule has 2 bridgehead atoms. The maximum atomic E-state index is 12.8. The van der Waals surface area contributed by atoms with E-state index in [9.17, 15) is 16.8 Å². The van der Waals surface area contributed by atoms with Gasteiger partial charge in [-0.2, -0.15) is 4.31 Å². The smallest absolute Gasteiger partial charge is 0.243 e. The molecule has 0 saturated carbocycles. The summed E-state index contributed by atoms with van der Waals surface area (Å²) in [5, 5.41) is -0.561. The topological polar surface area (TPSA) is 97.5 Å². The third-order valence-electron chi connectivity index (χ3n) is 4.63. The Morgan fingerprint density at radius 1 is 1.25 bits per heavy atom. The molecule has 0 N–H and O–H groups in total. The summed E-state index contributed by atoms with van der Waals surface area (Å²) in [7, 11) is -6.82. The average Bonchev–Trinajstić information content (AvgIpc) is 3.20. The molecular formula is C15H16N2O5S2. The van der Waals surface area contributed by atoms with Crippen molar-refractivity contribution in [2.24, 2.45) is 0 Å². The highest BCUT2D eigenvalue weighted by molar-refractivity contribution is 7.93. The minimum atomic E-state index is -3.69. The van der Waals surface area contributed by atoms with Gasteiger partial charge in [0.2, 0.25) is 10.0 Å². The van der Waals surface area contributed by atoms with Crippen molar-refractivity contribution in [3.8, 4) is 11.3 Å². The predicted octanol–water partition coefficient (Wildman–Crippen LogP) is 1.21. The fourth-order valence-electron chi connectivity index (χ4n) is 3.38. The molecular weight excluding hydrogens is 352 g/mol. The van der Waals surface area contributed by atoms with Crippen LogP contribution >= 0.6 is 0 Å². The second-order valence-corrected chi connectivity index (χ2v) is 10.4. The Balaban J connectivity index is 1.62. The fraction of sp³-hybridized carbons (Fsp3) is 0.400. The summed E-state index contributed by atoms with van der Waals surface area (Å²) in [5.41, 5.74) is 1.40. The summed E-state index contributed by atoms with van der Waals surface area (Å²) >= 11 is 0. The predicted molar refractivity (Wildman–Crippen MR) is 86.5 cm³/mol. The lowest BCUT2D eigenvalue weighted by Gasteiger charge is -2.26. The van der Waals surface area contributed by atoms with Crippen LogP contribution in [-0.2, 0) is 19.9 Å². The van der Waals surface area contributed by atoms with Crippen LogP contribution in [0.25, 0.3) is 11.3 Å². The normalized spacial score (nSPS) is 26.0. The second-order valence-electron chi connectivity index (χ2n) is 6.19. The Kier molecular flexibility index (Phi) is 3.38. The molecule has 2 atom stereocenters. The van der Waals surface area contributed by atoms with Gasteiger partial charge in [-0.3, -0.25) is 0 Å². The lowest BCUT2D eigenvalue weighted by molar-refractivity contribution is 0.402. The van der Waals surface area contributed by atoms with Gasteiger partial charge in [0.1, 0.15) is 12.0 Å². The number of nitrogens with zero attached hydrogens (tertiary/aromatic N) is 2. The molecule has 2 aromatic rings. The highest BCUT2D eigenvalue weighted by Gasteiger charge is 2.52.